The topological polar surface area (TPSA) is 39.8 Å². The van der Waals surface area contributed by atoms with Crippen molar-refractivity contribution in [1.82, 2.24) is 14.3 Å². The molecule has 0 fully saturated rings. The standard InChI is InChI=1S/C15H14F3N3O/c1-20-12-5-4-9(16)7-10(12)11-8-19-21(15(22)14(11)20)6-2-3-13(17)18/h4-5,7-8,13H,2-3,6H2,1H3. The van der Waals surface area contributed by atoms with Crippen LogP contribution in [0.2, 0.25) is 0 Å². The van der Waals surface area contributed by atoms with Crippen LogP contribution in [-0.2, 0) is 13.6 Å². The van der Waals surface area contributed by atoms with Crippen molar-refractivity contribution in [3.8, 4) is 0 Å². The summed E-state index contributed by atoms with van der Waals surface area (Å²) in [7, 11) is 1.72. The normalized spacial score (nSPS) is 11.9. The Morgan fingerprint density at radius 1 is 1.27 bits per heavy atom. The molecule has 0 aliphatic rings. The summed E-state index contributed by atoms with van der Waals surface area (Å²) in [6.45, 7) is 0.134. The van der Waals surface area contributed by atoms with Gasteiger partial charge in [0, 0.05) is 36.3 Å². The highest BCUT2D eigenvalue weighted by Crippen LogP contribution is 2.25. The molecule has 3 aromatic rings. The van der Waals surface area contributed by atoms with Gasteiger partial charge in [-0.1, -0.05) is 0 Å². The van der Waals surface area contributed by atoms with Crippen molar-refractivity contribution in [2.24, 2.45) is 7.05 Å². The fourth-order valence-electron chi connectivity index (χ4n) is 2.69. The summed E-state index contributed by atoms with van der Waals surface area (Å²) >= 11 is 0. The second-order valence-corrected chi connectivity index (χ2v) is 5.19. The molecule has 0 saturated heterocycles. The zero-order valence-corrected chi connectivity index (χ0v) is 11.9. The Labute approximate surface area is 123 Å². The molecular weight excluding hydrogens is 295 g/mol. The number of aryl methyl sites for hydroxylation is 2. The fourth-order valence-corrected chi connectivity index (χ4v) is 2.69. The van der Waals surface area contributed by atoms with Gasteiger partial charge in [-0.2, -0.15) is 5.10 Å². The first-order valence-electron chi connectivity index (χ1n) is 6.91. The second-order valence-electron chi connectivity index (χ2n) is 5.19. The van der Waals surface area contributed by atoms with E-state index in [1.165, 1.54) is 23.0 Å². The third-order valence-corrected chi connectivity index (χ3v) is 3.76. The molecule has 1 aromatic carbocycles. The Balaban J connectivity index is 2.13. The third kappa shape index (κ3) is 2.36. The molecule has 0 spiro atoms. The van der Waals surface area contributed by atoms with Gasteiger partial charge in [0.15, 0.2) is 0 Å². The number of hydrogen-bond acceptors (Lipinski definition) is 2. The molecule has 3 rings (SSSR count). The quantitative estimate of drug-likeness (QED) is 0.743. The summed E-state index contributed by atoms with van der Waals surface area (Å²) in [6, 6.07) is 4.29. The minimum Gasteiger partial charge on any atom is -0.339 e. The minimum atomic E-state index is -2.39. The molecule has 0 radical (unpaired) electrons. The van der Waals surface area contributed by atoms with Crippen molar-refractivity contribution in [2.75, 3.05) is 0 Å². The molecule has 0 aliphatic heterocycles. The summed E-state index contributed by atoms with van der Waals surface area (Å²) in [4.78, 5) is 12.5. The molecule has 0 N–H and O–H groups in total. The van der Waals surface area contributed by atoms with E-state index in [1.807, 2.05) is 0 Å². The first-order chi connectivity index (χ1) is 10.5. The highest BCUT2D eigenvalue weighted by atomic mass is 19.3. The lowest BCUT2D eigenvalue weighted by atomic mass is 10.2. The van der Waals surface area contributed by atoms with Crippen molar-refractivity contribution in [3.05, 3.63) is 40.6 Å². The monoisotopic (exact) mass is 309 g/mol. The summed E-state index contributed by atoms with van der Waals surface area (Å²) in [5, 5.41) is 5.19. The van der Waals surface area contributed by atoms with Crippen LogP contribution < -0.4 is 5.56 Å². The van der Waals surface area contributed by atoms with Crippen LogP contribution in [-0.4, -0.2) is 20.8 Å². The molecule has 0 atom stereocenters. The number of rotatable bonds is 4. The maximum atomic E-state index is 13.4. The lowest BCUT2D eigenvalue weighted by Crippen LogP contribution is -2.24. The van der Waals surface area contributed by atoms with E-state index in [0.29, 0.717) is 16.3 Å². The zero-order valence-electron chi connectivity index (χ0n) is 11.9. The number of aromatic nitrogens is 3. The molecule has 2 aromatic heterocycles. The molecule has 0 unspecified atom stereocenters. The Kier molecular flexibility index (Phi) is 3.64. The molecule has 7 heteroatoms. The van der Waals surface area contributed by atoms with E-state index >= 15 is 0 Å². The van der Waals surface area contributed by atoms with E-state index in [2.05, 4.69) is 5.10 Å². The van der Waals surface area contributed by atoms with Crippen molar-refractivity contribution in [2.45, 2.75) is 25.8 Å². The number of halogens is 3. The van der Waals surface area contributed by atoms with E-state index in [9.17, 15) is 18.0 Å². The van der Waals surface area contributed by atoms with Crippen LogP contribution in [0.15, 0.2) is 29.2 Å². The van der Waals surface area contributed by atoms with Gasteiger partial charge in [0.1, 0.15) is 11.3 Å². The van der Waals surface area contributed by atoms with Gasteiger partial charge < -0.3 is 4.57 Å². The van der Waals surface area contributed by atoms with Crippen LogP contribution in [0, 0.1) is 5.82 Å². The number of nitrogens with zero attached hydrogens (tertiary/aromatic N) is 3. The van der Waals surface area contributed by atoms with Crippen LogP contribution in [0.25, 0.3) is 21.8 Å². The highest BCUT2D eigenvalue weighted by Gasteiger charge is 2.14. The average Bonchev–Trinajstić information content (AvgIpc) is 2.74. The van der Waals surface area contributed by atoms with E-state index in [1.54, 1.807) is 17.7 Å². The van der Waals surface area contributed by atoms with Gasteiger partial charge in [0.25, 0.3) is 5.56 Å². The van der Waals surface area contributed by atoms with Gasteiger partial charge in [0.2, 0.25) is 6.43 Å². The highest BCUT2D eigenvalue weighted by molar-refractivity contribution is 6.07. The Bertz CT molecular complexity index is 898. The maximum Gasteiger partial charge on any atom is 0.291 e. The Morgan fingerprint density at radius 2 is 2.05 bits per heavy atom. The largest absolute Gasteiger partial charge is 0.339 e. The Hall–Kier alpha value is -2.31. The van der Waals surface area contributed by atoms with Crippen molar-refractivity contribution in [3.63, 3.8) is 0 Å². The molecule has 0 bridgehead atoms. The molecule has 2 heterocycles. The first kappa shape index (κ1) is 14.6. The SMILES string of the molecule is Cn1c2ccc(F)cc2c2cnn(CCCC(F)F)c(=O)c21. The van der Waals surface area contributed by atoms with Gasteiger partial charge in [-0.3, -0.25) is 4.79 Å². The van der Waals surface area contributed by atoms with Gasteiger partial charge >= 0.3 is 0 Å². The third-order valence-electron chi connectivity index (χ3n) is 3.76. The van der Waals surface area contributed by atoms with Crippen molar-refractivity contribution < 1.29 is 13.2 Å². The molecule has 4 nitrogen and oxygen atoms in total. The molecule has 116 valence electrons. The van der Waals surface area contributed by atoms with Gasteiger partial charge in [0.05, 0.1) is 6.20 Å². The smallest absolute Gasteiger partial charge is 0.291 e. The summed E-state index contributed by atoms with van der Waals surface area (Å²) < 4.78 is 40.6. The first-order valence-corrected chi connectivity index (χ1v) is 6.91. The number of hydrogen-bond donors (Lipinski definition) is 0. The van der Waals surface area contributed by atoms with Crippen molar-refractivity contribution >= 4 is 21.8 Å². The number of alkyl halides is 2. The fraction of sp³-hybridized carbons (Fsp3) is 0.333. The van der Waals surface area contributed by atoms with Crippen molar-refractivity contribution in [1.29, 1.82) is 0 Å². The van der Waals surface area contributed by atoms with Crippen LogP contribution in [0.3, 0.4) is 0 Å². The predicted octanol–water partition coefficient (Wildman–Crippen LogP) is 3.07. The molecular formula is C15H14F3N3O. The van der Waals surface area contributed by atoms with Crippen LogP contribution >= 0.6 is 0 Å². The van der Waals surface area contributed by atoms with E-state index in [4.69, 9.17) is 0 Å². The van der Waals surface area contributed by atoms with Gasteiger partial charge in [-0.25, -0.2) is 17.9 Å². The van der Waals surface area contributed by atoms with Crippen LogP contribution in [0.1, 0.15) is 12.8 Å². The summed E-state index contributed by atoms with van der Waals surface area (Å²) in [5.41, 5.74) is 0.763. The molecule has 22 heavy (non-hydrogen) atoms. The lowest BCUT2D eigenvalue weighted by Gasteiger charge is -2.05. The summed E-state index contributed by atoms with van der Waals surface area (Å²) in [6.07, 6.45) is -0.998. The van der Waals surface area contributed by atoms with Gasteiger partial charge in [-0.15, -0.1) is 0 Å². The van der Waals surface area contributed by atoms with Crippen LogP contribution in [0.4, 0.5) is 13.2 Å². The number of benzene rings is 1. The lowest BCUT2D eigenvalue weighted by molar-refractivity contribution is 0.132. The van der Waals surface area contributed by atoms with Gasteiger partial charge in [-0.05, 0) is 24.6 Å². The van der Waals surface area contributed by atoms with E-state index < -0.39 is 6.43 Å². The summed E-state index contributed by atoms with van der Waals surface area (Å²) in [5.74, 6) is -0.388. The minimum absolute atomic E-state index is 0.134. The Morgan fingerprint density at radius 3 is 2.77 bits per heavy atom. The van der Waals surface area contributed by atoms with E-state index in [-0.39, 0.29) is 30.8 Å². The molecule has 0 saturated carbocycles. The molecule has 0 amide bonds. The zero-order chi connectivity index (χ0) is 15.9. The maximum absolute atomic E-state index is 13.4. The van der Waals surface area contributed by atoms with E-state index in [0.717, 1.165) is 5.52 Å². The average molecular weight is 309 g/mol. The van der Waals surface area contributed by atoms with Crippen LogP contribution in [0.5, 0.6) is 0 Å². The predicted molar refractivity (Wildman–Crippen MR) is 77.7 cm³/mol. The number of fused-ring (bicyclic) bond motifs is 3. The second kappa shape index (κ2) is 5.47. The molecule has 0 aliphatic carbocycles.